The Balaban J connectivity index is 2.63. The molecular weight excluding hydrogens is 132 g/mol. The minimum Gasteiger partial charge on any atom is -0.391 e. The molecule has 3 N–H and O–H groups in total. The van der Waals surface area contributed by atoms with E-state index in [1.165, 1.54) is 11.9 Å². The molecule has 0 amide bonds. The van der Waals surface area contributed by atoms with Crippen molar-refractivity contribution in [3.8, 4) is 0 Å². The van der Waals surface area contributed by atoms with Gasteiger partial charge in [-0.15, -0.1) is 0 Å². The molecule has 1 rings (SSSR count). The van der Waals surface area contributed by atoms with Crippen molar-refractivity contribution in [1.29, 1.82) is 0 Å². The Morgan fingerprint density at radius 2 is 2.40 bits per heavy atom. The number of carbonyl (C=O) groups excluding carboxylic acids is 1. The van der Waals surface area contributed by atoms with E-state index in [4.69, 9.17) is 5.84 Å². The van der Waals surface area contributed by atoms with Crippen molar-refractivity contribution in [1.82, 2.24) is 5.01 Å². The number of nitrogens with zero attached hydrogens (tertiary/aromatic N) is 1. The highest BCUT2D eigenvalue weighted by Gasteiger charge is 2.33. The summed E-state index contributed by atoms with van der Waals surface area (Å²) in [4.78, 5) is 10.8. The van der Waals surface area contributed by atoms with Crippen LogP contribution in [-0.2, 0) is 4.79 Å². The van der Waals surface area contributed by atoms with Crippen LogP contribution in [-0.4, -0.2) is 34.6 Å². The summed E-state index contributed by atoms with van der Waals surface area (Å²) in [5.74, 6) is 5.36. The fourth-order valence-corrected chi connectivity index (χ4v) is 1.30. The van der Waals surface area contributed by atoms with E-state index < -0.39 is 12.1 Å². The van der Waals surface area contributed by atoms with E-state index in [2.05, 4.69) is 0 Å². The van der Waals surface area contributed by atoms with Gasteiger partial charge in [-0.3, -0.25) is 10.6 Å². The van der Waals surface area contributed by atoms with Gasteiger partial charge in [0, 0.05) is 6.54 Å². The lowest BCUT2D eigenvalue weighted by Crippen LogP contribution is -2.44. The number of ketones is 1. The summed E-state index contributed by atoms with van der Waals surface area (Å²) >= 11 is 0. The highest BCUT2D eigenvalue weighted by Crippen LogP contribution is 2.14. The first-order chi connectivity index (χ1) is 4.63. The van der Waals surface area contributed by atoms with Crippen LogP contribution >= 0.6 is 0 Å². The molecule has 1 heterocycles. The number of Topliss-reactive ketones (excluding diaryl/α,β-unsaturated/α-hetero) is 1. The maximum absolute atomic E-state index is 10.8. The van der Waals surface area contributed by atoms with Crippen molar-refractivity contribution in [2.75, 3.05) is 6.54 Å². The summed E-state index contributed by atoms with van der Waals surface area (Å²) in [6.45, 7) is 2.05. The zero-order chi connectivity index (χ0) is 7.72. The lowest BCUT2D eigenvalue weighted by atomic mass is 10.1. The van der Waals surface area contributed by atoms with Crippen molar-refractivity contribution >= 4 is 5.78 Å². The van der Waals surface area contributed by atoms with Crippen LogP contribution in [0.3, 0.4) is 0 Å². The van der Waals surface area contributed by atoms with Gasteiger partial charge in [0.2, 0.25) is 0 Å². The molecule has 1 aliphatic heterocycles. The highest BCUT2D eigenvalue weighted by molar-refractivity contribution is 5.82. The topological polar surface area (TPSA) is 66.6 Å². The highest BCUT2D eigenvalue weighted by atomic mass is 16.3. The number of hydrogen-bond donors (Lipinski definition) is 2. The third-order valence-electron chi connectivity index (χ3n) is 1.82. The van der Waals surface area contributed by atoms with Crippen LogP contribution in [0.5, 0.6) is 0 Å². The Labute approximate surface area is 59.6 Å². The van der Waals surface area contributed by atoms with E-state index in [1.54, 1.807) is 0 Å². The summed E-state index contributed by atoms with van der Waals surface area (Å²) in [5.41, 5.74) is 0. The number of aliphatic hydroxyl groups is 1. The standard InChI is InChI=1S/C6H12N2O2/c1-4(9)6-5(10)2-3-8(6)7/h5-6,10H,2-3,7H2,1H3. The Morgan fingerprint density at radius 1 is 1.80 bits per heavy atom. The first-order valence-electron chi connectivity index (χ1n) is 3.33. The minimum absolute atomic E-state index is 0.0625. The van der Waals surface area contributed by atoms with E-state index >= 15 is 0 Å². The third kappa shape index (κ3) is 1.18. The van der Waals surface area contributed by atoms with Crippen LogP contribution in [0, 0.1) is 0 Å². The molecule has 0 spiro atoms. The van der Waals surface area contributed by atoms with E-state index in [0.29, 0.717) is 13.0 Å². The van der Waals surface area contributed by atoms with Gasteiger partial charge in [0.15, 0.2) is 5.78 Å². The van der Waals surface area contributed by atoms with Crippen molar-refractivity contribution in [3.05, 3.63) is 0 Å². The molecule has 0 aliphatic carbocycles. The van der Waals surface area contributed by atoms with E-state index in [-0.39, 0.29) is 5.78 Å². The zero-order valence-corrected chi connectivity index (χ0v) is 5.95. The predicted octanol–water partition coefficient (Wildman–Crippen LogP) is -1.12. The molecule has 0 radical (unpaired) electrons. The minimum atomic E-state index is -0.567. The fraction of sp³-hybridized carbons (Fsp3) is 0.833. The van der Waals surface area contributed by atoms with Crippen LogP contribution in [0.4, 0.5) is 0 Å². The zero-order valence-electron chi connectivity index (χ0n) is 5.95. The first-order valence-corrected chi connectivity index (χ1v) is 3.33. The molecule has 1 saturated heterocycles. The molecule has 10 heavy (non-hydrogen) atoms. The molecular formula is C6H12N2O2. The summed E-state index contributed by atoms with van der Waals surface area (Å²) in [5, 5.41) is 10.6. The van der Waals surface area contributed by atoms with Crippen molar-refractivity contribution in [2.24, 2.45) is 5.84 Å². The maximum atomic E-state index is 10.8. The molecule has 0 bridgehead atoms. The SMILES string of the molecule is CC(=O)C1C(O)CCN1N. The fourth-order valence-electron chi connectivity index (χ4n) is 1.30. The summed E-state index contributed by atoms with van der Waals surface area (Å²) in [7, 11) is 0. The van der Waals surface area contributed by atoms with Gasteiger partial charge < -0.3 is 5.11 Å². The van der Waals surface area contributed by atoms with Gasteiger partial charge >= 0.3 is 0 Å². The number of rotatable bonds is 1. The van der Waals surface area contributed by atoms with Gasteiger partial charge in [-0.1, -0.05) is 0 Å². The Bertz CT molecular complexity index is 139. The quantitative estimate of drug-likeness (QED) is 0.458. The molecule has 2 unspecified atom stereocenters. The number of nitrogens with two attached hydrogens (primary N) is 1. The van der Waals surface area contributed by atoms with Gasteiger partial charge in [-0.05, 0) is 13.3 Å². The normalized spacial score (nSPS) is 34.7. The molecule has 0 saturated carbocycles. The number of carbonyl (C=O) groups is 1. The van der Waals surface area contributed by atoms with Crippen LogP contribution in [0.2, 0.25) is 0 Å². The van der Waals surface area contributed by atoms with Crippen LogP contribution in [0.15, 0.2) is 0 Å². The second-order valence-corrected chi connectivity index (χ2v) is 2.65. The van der Waals surface area contributed by atoms with Gasteiger partial charge in [0.25, 0.3) is 0 Å². The van der Waals surface area contributed by atoms with Crippen LogP contribution in [0.25, 0.3) is 0 Å². The van der Waals surface area contributed by atoms with Crippen LogP contribution in [0.1, 0.15) is 13.3 Å². The second-order valence-electron chi connectivity index (χ2n) is 2.65. The summed E-state index contributed by atoms with van der Waals surface area (Å²) < 4.78 is 0. The predicted molar refractivity (Wildman–Crippen MR) is 36.0 cm³/mol. The molecule has 4 nitrogen and oxygen atoms in total. The van der Waals surface area contributed by atoms with Crippen molar-refractivity contribution < 1.29 is 9.90 Å². The van der Waals surface area contributed by atoms with Crippen molar-refractivity contribution in [2.45, 2.75) is 25.5 Å². The average molecular weight is 144 g/mol. The largest absolute Gasteiger partial charge is 0.391 e. The lowest BCUT2D eigenvalue weighted by Gasteiger charge is -2.17. The molecule has 0 aromatic carbocycles. The molecule has 0 aromatic heterocycles. The van der Waals surface area contributed by atoms with Gasteiger partial charge in [0.1, 0.15) is 6.04 Å². The summed E-state index contributed by atoms with van der Waals surface area (Å²) in [6.07, 6.45) is 0.0308. The molecule has 58 valence electrons. The number of aliphatic hydroxyl groups excluding tert-OH is 1. The van der Waals surface area contributed by atoms with E-state index in [0.717, 1.165) is 0 Å². The summed E-state index contributed by atoms with van der Waals surface area (Å²) in [6, 6.07) is -0.472. The van der Waals surface area contributed by atoms with Crippen molar-refractivity contribution in [3.63, 3.8) is 0 Å². The van der Waals surface area contributed by atoms with E-state index in [9.17, 15) is 9.90 Å². The lowest BCUT2D eigenvalue weighted by molar-refractivity contribution is -0.123. The van der Waals surface area contributed by atoms with Gasteiger partial charge in [-0.25, -0.2) is 5.01 Å². The molecule has 1 fully saturated rings. The monoisotopic (exact) mass is 144 g/mol. The van der Waals surface area contributed by atoms with Gasteiger partial charge in [-0.2, -0.15) is 0 Å². The molecule has 4 heteroatoms. The second kappa shape index (κ2) is 2.65. The number of hydrogen-bond acceptors (Lipinski definition) is 4. The Hall–Kier alpha value is -0.450. The molecule has 0 aromatic rings. The smallest absolute Gasteiger partial charge is 0.150 e. The Morgan fingerprint density at radius 3 is 2.60 bits per heavy atom. The Kier molecular flexibility index (Phi) is 2.03. The van der Waals surface area contributed by atoms with Gasteiger partial charge in [0.05, 0.1) is 6.10 Å². The molecule has 1 aliphatic rings. The third-order valence-corrected chi connectivity index (χ3v) is 1.82. The molecule has 2 atom stereocenters. The maximum Gasteiger partial charge on any atom is 0.150 e. The number of hydrazine groups is 1. The van der Waals surface area contributed by atoms with Crippen LogP contribution < -0.4 is 5.84 Å². The first kappa shape index (κ1) is 7.65. The van der Waals surface area contributed by atoms with E-state index in [1.807, 2.05) is 0 Å². The average Bonchev–Trinajstić information content (AvgIpc) is 2.11.